The summed E-state index contributed by atoms with van der Waals surface area (Å²) in [6.45, 7) is 0. The summed E-state index contributed by atoms with van der Waals surface area (Å²) in [4.78, 5) is 11.8. The molecule has 23 heavy (non-hydrogen) atoms. The normalized spacial score (nSPS) is 17.0. The first-order chi connectivity index (χ1) is 11.2. The van der Waals surface area contributed by atoms with Gasteiger partial charge in [-0.3, -0.25) is 9.89 Å². The summed E-state index contributed by atoms with van der Waals surface area (Å²) in [5.41, 5.74) is 1.79. The minimum Gasteiger partial charge on any atom is -0.493 e. The summed E-state index contributed by atoms with van der Waals surface area (Å²) in [5.74, 6) is 2.59. The van der Waals surface area contributed by atoms with E-state index in [4.69, 9.17) is 14.2 Å². The molecule has 1 aromatic carbocycles. The van der Waals surface area contributed by atoms with Gasteiger partial charge >= 0.3 is 0 Å². The van der Waals surface area contributed by atoms with Crippen LogP contribution in [-0.2, 0) is 4.79 Å². The zero-order chi connectivity index (χ0) is 16.4. The largest absolute Gasteiger partial charge is 0.493 e. The number of methoxy groups -OCH3 is 3. The quantitative estimate of drug-likeness (QED) is 0.891. The molecule has 1 amide bonds. The van der Waals surface area contributed by atoms with E-state index in [0.29, 0.717) is 28.8 Å². The number of nitrogens with one attached hydrogen (secondary N) is 2. The van der Waals surface area contributed by atoms with Gasteiger partial charge in [0.15, 0.2) is 11.5 Å². The second kappa shape index (κ2) is 6.41. The Kier molecular flexibility index (Phi) is 4.33. The Balaban J connectivity index is 2.14. The van der Waals surface area contributed by atoms with Crippen LogP contribution >= 0.6 is 11.8 Å². The number of anilines is 1. The molecule has 0 unspecified atom stereocenters. The first kappa shape index (κ1) is 15.5. The predicted molar refractivity (Wildman–Crippen MR) is 87.6 cm³/mol. The Morgan fingerprint density at radius 3 is 2.61 bits per heavy atom. The average Bonchev–Trinajstić information content (AvgIpc) is 2.95. The fourth-order valence-electron chi connectivity index (χ4n) is 2.61. The van der Waals surface area contributed by atoms with Gasteiger partial charge < -0.3 is 19.5 Å². The summed E-state index contributed by atoms with van der Waals surface area (Å²) < 4.78 is 16.3. The van der Waals surface area contributed by atoms with Gasteiger partial charge in [-0.1, -0.05) is 0 Å². The zero-order valence-corrected chi connectivity index (χ0v) is 13.8. The second-order valence-electron chi connectivity index (χ2n) is 4.86. The molecule has 2 heterocycles. The van der Waals surface area contributed by atoms with Crippen molar-refractivity contribution in [3.63, 3.8) is 0 Å². The number of carbonyl (C=O) groups is 1. The van der Waals surface area contributed by atoms with Gasteiger partial charge in [-0.05, 0) is 12.1 Å². The van der Waals surface area contributed by atoms with E-state index >= 15 is 0 Å². The monoisotopic (exact) mass is 335 g/mol. The van der Waals surface area contributed by atoms with Gasteiger partial charge in [0.2, 0.25) is 11.7 Å². The number of rotatable bonds is 4. The number of nitrogens with zero attached hydrogens (tertiary/aromatic N) is 1. The molecule has 1 aromatic heterocycles. The minimum atomic E-state index is -0.113. The molecular formula is C15H17N3O4S. The fraction of sp³-hybridized carbons (Fsp3) is 0.333. The van der Waals surface area contributed by atoms with Crippen LogP contribution in [-0.4, -0.2) is 43.2 Å². The summed E-state index contributed by atoms with van der Waals surface area (Å²) in [6.07, 6.45) is 1.72. The molecule has 3 rings (SSSR count). The number of hydrogen-bond acceptors (Lipinski definition) is 6. The van der Waals surface area contributed by atoms with Gasteiger partial charge in [-0.15, -0.1) is 11.8 Å². The number of benzene rings is 1. The lowest BCUT2D eigenvalue weighted by Gasteiger charge is -2.20. The van der Waals surface area contributed by atoms with Crippen molar-refractivity contribution in [1.82, 2.24) is 10.2 Å². The Labute approximate surface area is 137 Å². The van der Waals surface area contributed by atoms with Crippen LogP contribution in [0.1, 0.15) is 16.4 Å². The van der Waals surface area contributed by atoms with Gasteiger partial charge in [0.05, 0.1) is 38.5 Å². The molecule has 0 fully saturated rings. The van der Waals surface area contributed by atoms with Crippen molar-refractivity contribution in [1.29, 1.82) is 0 Å². The molecule has 1 atom stereocenters. The zero-order valence-electron chi connectivity index (χ0n) is 13.0. The molecule has 1 aliphatic heterocycles. The molecule has 8 heteroatoms. The molecule has 0 saturated heterocycles. The Morgan fingerprint density at radius 2 is 1.91 bits per heavy atom. The highest BCUT2D eigenvalue weighted by molar-refractivity contribution is 8.00. The summed E-state index contributed by atoms with van der Waals surface area (Å²) >= 11 is 1.51. The van der Waals surface area contributed by atoms with E-state index in [-0.39, 0.29) is 11.2 Å². The summed E-state index contributed by atoms with van der Waals surface area (Å²) in [7, 11) is 4.73. The van der Waals surface area contributed by atoms with Crippen molar-refractivity contribution >= 4 is 23.5 Å². The molecular weight excluding hydrogens is 318 g/mol. The molecule has 122 valence electrons. The van der Waals surface area contributed by atoms with Crippen LogP contribution in [0.2, 0.25) is 0 Å². The van der Waals surface area contributed by atoms with Gasteiger partial charge in [0.25, 0.3) is 0 Å². The molecule has 2 aromatic rings. The summed E-state index contributed by atoms with van der Waals surface area (Å²) in [5, 5.41) is 9.56. The van der Waals surface area contributed by atoms with E-state index in [9.17, 15) is 4.79 Å². The fourth-order valence-corrected chi connectivity index (χ4v) is 3.72. The number of ether oxygens (including phenoxy) is 3. The van der Waals surface area contributed by atoms with E-state index in [1.54, 1.807) is 27.5 Å². The van der Waals surface area contributed by atoms with Crippen molar-refractivity contribution in [2.75, 3.05) is 32.4 Å². The summed E-state index contributed by atoms with van der Waals surface area (Å²) in [6, 6.07) is 3.75. The van der Waals surface area contributed by atoms with Crippen LogP contribution in [0.25, 0.3) is 0 Å². The standard InChI is InChI=1S/C15H17N3O4S/c1-20-10-5-4-8(12(21-2)13(10)22-3)14-9-6-16-18-15(9)17-11(19)7-23-14/h4-6,14H,7H2,1-3H3,(H2,16,17,18,19)/t14-/m1/s1. The maximum Gasteiger partial charge on any atom is 0.235 e. The molecule has 7 nitrogen and oxygen atoms in total. The van der Waals surface area contributed by atoms with Gasteiger partial charge in [0.1, 0.15) is 5.82 Å². The maximum atomic E-state index is 11.8. The van der Waals surface area contributed by atoms with E-state index < -0.39 is 0 Å². The molecule has 0 radical (unpaired) electrons. The third kappa shape index (κ3) is 2.70. The maximum absolute atomic E-state index is 11.8. The van der Waals surface area contributed by atoms with Crippen molar-refractivity contribution in [3.8, 4) is 17.2 Å². The SMILES string of the molecule is COc1ccc([C@H]2SCC(=O)Nc3[nH]ncc32)c(OC)c1OC. The Bertz CT molecular complexity index is 732. The van der Waals surface area contributed by atoms with Crippen molar-refractivity contribution in [3.05, 3.63) is 29.5 Å². The first-order valence-electron chi connectivity index (χ1n) is 6.93. The Hall–Kier alpha value is -2.35. The lowest BCUT2D eigenvalue weighted by molar-refractivity contribution is -0.113. The van der Waals surface area contributed by atoms with Gasteiger partial charge in [0, 0.05) is 11.1 Å². The third-order valence-corrected chi connectivity index (χ3v) is 4.88. The number of amides is 1. The third-order valence-electron chi connectivity index (χ3n) is 3.61. The van der Waals surface area contributed by atoms with Crippen molar-refractivity contribution in [2.45, 2.75) is 5.25 Å². The van der Waals surface area contributed by atoms with Crippen LogP contribution in [0.5, 0.6) is 17.2 Å². The van der Waals surface area contributed by atoms with Crippen LogP contribution in [0.15, 0.2) is 18.3 Å². The smallest absolute Gasteiger partial charge is 0.235 e. The number of aromatic amines is 1. The number of aromatic nitrogens is 2. The molecule has 0 saturated carbocycles. The lowest BCUT2D eigenvalue weighted by atomic mass is 10.0. The second-order valence-corrected chi connectivity index (χ2v) is 5.96. The van der Waals surface area contributed by atoms with Crippen molar-refractivity contribution < 1.29 is 19.0 Å². The predicted octanol–water partition coefficient (Wildman–Crippen LogP) is 2.21. The number of fused-ring (bicyclic) bond motifs is 1. The molecule has 1 aliphatic rings. The lowest BCUT2D eigenvalue weighted by Crippen LogP contribution is -2.12. The van der Waals surface area contributed by atoms with Gasteiger partial charge in [-0.25, -0.2) is 0 Å². The van der Waals surface area contributed by atoms with Gasteiger partial charge in [-0.2, -0.15) is 5.10 Å². The number of hydrogen-bond donors (Lipinski definition) is 2. The molecule has 0 aliphatic carbocycles. The Morgan fingerprint density at radius 1 is 1.13 bits per heavy atom. The topological polar surface area (TPSA) is 85.5 Å². The number of carbonyl (C=O) groups excluding carboxylic acids is 1. The van der Waals surface area contributed by atoms with Crippen LogP contribution in [0.4, 0.5) is 5.82 Å². The highest BCUT2D eigenvalue weighted by Crippen LogP contribution is 2.49. The highest BCUT2D eigenvalue weighted by Gasteiger charge is 2.30. The minimum absolute atomic E-state index is 0.0672. The number of H-pyrrole nitrogens is 1. The van der Waals surface area contributed by atoms with E-state index in [0.717, 1.165) is 11.1 Å². The first-order valence-corrected chi connectivity index (χ1v) is 7.98. The van der Waals surface area contributed by atoms with E-state index in [1.165, 1.54) is 11.8 Å². The molecule has 0 bridgehead atoms. The highest BCUT2D eigenvalue weighted by atomic mass is 32.2. The van der Waals surface area contributed by atoms with Crippen LogP contribution in [0.3, 0.4) is 0 Å². The molecule has 2 N–H and O–H groups in total. The molecule has 0 spiro atoms. The van der Waals surface area contributed by atoms with E-state index in [2.05, 4.69) is 15.5 Å². The van der Waals surface area contributed by atoms with E-state index in [1.807, 2.05) is 12.1 Å². The van der Waals surface area contributed by atoms with Crippen molar-refractivity contribution in [2.24, 2.45) is 0 Å². The average molecular weight is 335 g/mol. The van der Waals surface area contributed by atoms with Crippen LogP contribution < -0.4 is 19.5 Å². The van der Waals surface area contributed by atoms with Crippen LogP contribution in [0, 0.1) is 0 Å². The number of thioether (sulfide) groups is 1.